The van der Waals surface area contributed by atoms with Crippen molar-refractivity contribution in [2.24, 2.45) is 0 Å². The van der Waals surface area contributed by atoms with E-state index < -0.39 is 0 Å². The van der Waals surface area contributed by atoms with Crippen LogP contribution < -0.4 is 0 Å². The number of benzene rings is 2. The van der Waals surface area contributed by atoms with Gasteiger partial charge < -0.3 is 19.1 Å². The van der Waals surface area contributed by atoms with Crippen LogP contribution in [0.25, 0.3) is 0 Å². The highest BCUT2D eigenvalue weighted by atomic mass is 79.9. The van der Waals surface area contributed by atoms with Crippen molar-refractivity contribution in [2.75, 3.05) is 32.8 Å². The molecule has 0 fully saturated rings. The maximum atomic E-state index is 13.7. The summed E-state index contributed by atoms with van der Waals surface area (Å²) in [4.78, 5) is 30.8. The quantitative estimate of drug-likeness (QED) is 0.176. The number of carbonyl (C=O) groups is 2. The average molecular weight is 597 g/mol. The summed E-state index contributed by atoms with van der Waals surface area (Å²) in [6.07, 6.45) is 5.57. The minimum Gasteiger partial charge on any atom is -0.382 e. The average Bonchev–Trinajstić information content (AvgIpc) is 3.39. The molecule has 0 bridgehead atoms. The Morgan fingerprint density at radius 1 is 0.872 bits per heavy atom. The normalized spacial score (nSPS) is 11.0. The lowest BCUT2D eigenvalue weighted by Crippen LogP contribution is -2.44. The number of rotatable bonds is 16. The smallest absolute Gasteiger partial charge is 0.254 e. The number of halogens is 1. The first-order valence-corrected chi connectivity index (χ1v) is 14.9. The van der Waals surface area contributed by atoms with Crippen LogP contribution in [0.3, 0.4) is 0 Å². The largest absolute Gasteiger partial charge is 0.382 e. The Bertz CT molecular complexity index is 1160. The topological polar surface area (TPSA) is 54.8 Å². The molecule has 0 radical (unpaired) electrons. The molecule has 0 aliphatic heterocycles. The van der Waals surface area contributed by atoms with Crippen molar-refractivity contribution >= 4 is 27.7 Å². The molecule has 2 aromatic carbocycles. The molecule has 0 unspecified atom stereocenters. The maximum absolute atomic E-state index is 13.7. The number of carbonyl (C=O) groups excluding carboxylic acids is 2. The van der Waals surface area contributed by atoms with Gasteiger partial charge in [-0.1, -0.05) is 60.5 Å². The highest BCUT2D eigenvalue weighted by Gasteiger charge is 2.23. The number of hydrogen-bond acceptors (Lipinski definition) is 3. The fourth-order valence-corrected chi connectivity index (χ4v) is 4.72. The number of ether oxygens (including phenoxy) is 1. The van der Waals surface area contributed by atoms with E-state index in [1.807, 2.05) is 54.3 Å². The third-order valence-electron chi connectivity index (χ3n) is 6.82. The maximum Gasteiger partial charge on any atom is 0.254 e. The molecule has 2 amide bonds. The molecule has 3 aromatic rings. The van der Waals surface area contributed by atoms with Gasteiger partial charge in [-0.05, 0) is 73.7 Å². The van der Waals surface area contributed by atoms with Crippen LogP contribution in [0.1, 0.15) is 67.2 Å². The Hall–Kier alpha value is -2.90. The zero-order valence-electron chi connectivity index (χ0n) is 23.6. The highest BCUT2D eigenvalue weighted by molar-refractivity contribution is 9.10. The van der Waals surface area contributed by atoms with Gasteiger partial charge in [-0.3, -0.25) is 9.59 Å². The van der Waals surface area contributed by atoms with Gasteiger partial charge in [0.1, 0.15) is 6.54 Å². The second-order valence-corrected chi connectivity index (χ2v) is 10.7. The molecule has 0 aliphatic carbocycles. The van der Waals surface area contributed by atoms with E-state index in [-0.39, 0.29) is 18.4 Å². The van der Waals surface area contributed by atoms with Gasteiger partial charge in [0.25, 0.3) is 5.91 Å². The first-order valence-electron chi connectivity index (χ1n) is 14.1. The molecule has 0 saturated carbocycles. The molecule has 1 heterocycles. The van der Waals surface area contributed by atoms with E-state index in [0.29, 0.717) is 44.8 Å². The lowest BCUT2D eigenvalue weighted by atomic mass is 10.1. The van der Waals surface area contributed by atoms with Crippen molar-refractivity contribution < 1.29 is 14.3 Å². The molecule has 0 aliphatic rings. The van der Waals surface area contributed by atoms with Gasteiger partial charge in [-0.2, -0.15) is 0 Å². The third kappa shape index (κ3) is 9.66. The van der Waals surface area contributed by atoms with Crippen LogP contribution >= 0.6 is 15.9 Å². The van der Waals surface area contributed by atoms with Crippen LogP contribution in [-0.4, -0.2) is 59.0 Å². The SMILES string of the molecule is CCCCN(Cc1cccn1Cc1ccc(Br)cc1)C(=O)CN(CCCOCC)C(=O)c1ccc(CC)cc1. The number of aryl methyl sites for hydroxylation is 1. The van der Waals surface area contributed by atoms with E-state index in [1.165, 1.54) is 11.1 Å². The van der Waals surface area contributed by atoms with E-state index in [0.717, 1.165) is 36.0 Å². The van der Waals surface area contributed by atoms with E-state index >= 15 is 0 Å². The van der Waals surface area contributed by atoms with Gasteiger partial charge in [-0.15, -0.1) is 0 Å². The number of unbranched alkanes of at least 4 members (excludes halogenated alkanes) is 1. The Kier molecular flexibility index (Phi) is 12.8. The molecular formula is C32H42BrN3O3. The number of amides is 2. The van der Waals surface area contributed by atoms with Gasteiger partial charge in [0, 0.05) is 54.8 Å². The molecule has 1 aromatic heterocycles. The highest BCUT2D eigenvalue weighted by Crippen LogP contribution is 2.16. The number of aromatic nitrogens is 1. The minimum absolute atomic E-state index is 0.0326. The Balaban J connectivity index is 1.75. The van der Waals surface area contributed by atoms with Crippen LogP contribution in [0.4, 0.5) is 0 Å². The van der Waals surface area contributed by atoms with Gasteiger partial charge in [0.15, 0.2) is 0 Å². The van der Waals surface area contributed by atoms with Crippen molar-refractivity contribution in [2.45, 2.75) is 59.5 Å². The fraction of sp³-hybridized carbons (Fsp3) is 0.438. The molecule has 0 N–H and O–H groups in total. The molecule has 7 heteroatoms. The van der Waals surface area contributed by atoms with E-state index in [1.54, 1.807) is 4.90 Å². The van der Waals surface area contributed by atoms with Gasteiger partial charge in [0.2, 0.25) is 5.91 Å². The van der Waals surface area contributed by atoms with Gasteiger partial charge >= 0.3 is 0 Å². The molecular weight excluding hydrogens is 554 g/mol. The van der Waals surface area contributed by atoms with Crippen molar-refractivity contribution in [3.05, 3.63) is 93.7 Å². The van der Waals surface area contributed by atoms with E-state index in [4.69, 9.17) is 4.74 Å². The van der Waals surface area contributed by atoms with Crippen LogP contribution in [0.5, 0.6) is 0 Å². The standard InChI is InChI=1S/C32H42BrN3O3/c1-4-7-19-35(24-30-10-8-20-34(30)23-27-13-17-29(33)18-14-27)31(37)25-36(21-9-22-39-6-3)32(38)28-15-11-26(5-2)12-16-28/h8,10-18,20H,4-7,9,19,21-25H2,1-3H3. The molecule has 210 valence electrons. The van der Waals surface area contributed by atoms with Crippen LogP contribution in [0.15, 0.2) is 71.3 Å². The predicted octanol–water partition coefficient (Wildman–Crippen LogP) is 6.56. The first-order chi connectivity index (χ1) is 18.9. The molecule has 3 rings (SSSR count). The second-order valence-electron chi connectivity index (χ2n) is 9.75. The van der Waals surface area contributed by atoms with Crippen molar-refractivity contribution in [1.29, 1.82) is 0 Å². The van der Waals surface area contributed by atoms with Gasteiger partial charge in [-0.25, -0.2) is 0 Å². The Labute approximate surface area is 242 Å². The summed E-state index contributed by atoms with van der Waals surface area (Å²) in [5.74, 6) is -0.147. The van der Waals surface area contributed by atoms with Gasteiger partial charge in [0.05, 0.1) is 6.54 Å². The van der Waals surface area contributed by atoms with Crippen molar-refractivity contribution in [3.8, 4) is 0 Å². The third-order valence-corrected chi connectivity index (χ3v) is 7.35. The minimum atomic E-state index is -0.114. The summed E-state index contributed by atoms with van der Waals surface area (Å²) in [5, 5.41) is 0. The predicted molar refractivity (Wildman–Crippen MR) is 161 cm³/mol. The molecule has 39 heavy (non-hydrogen) atoms. The summed E-state index contributed by atoms with van der Waals surface area (Å²) in [5.41, 5.74) is 4.07. The lowest BCUT2D eigenvalue weighted by Gasteiger charge is -2.28. The van der Waals surface area contributed by atoms with E-state index in [9.17, 15) is 9.59 Å². The molecule has 0 spiro atoms. The lowest BCUT2D eigenvalue weighted by molar-refractivity contribution is -0.132. The summed E-state index contributed by atoms with van der Waals surface area (Å²) in [6.45, 7) is 9.81. The van der Waals surface area contributed by atoms with Crippen molar-refractivity contribution in [3.63, 3.8) is 0 Å². The number of hydrogen-bond donors (Lipinski definition) is 0. The Morgan fingerprint density at radius 3 is 2.23 bits per heavy atom. The molecule has 0 atom stereocenters. The zero-order valence-corrected chi connectivity index (χ0v) is 25.2. The number of nitrogens with zero attached hydrogens (tertiary/aromatic N) is 3. The summed E-state index contributed by atoms with van der Waals surface area (Å²) >= 11 is 3.50. The molecule has 6 nitrogen and oxygen atoms in total. The molecule has 0 saturated heterocycles. The zero-order chi connectivity index (χ0) is 28.0. The van der Waals surface area contributed by atoms with Crippen LogP contribution in [0, 0.1) is 0 Å². The van der Waals surface area contributed by atoms with Crippen molar-refractivity contribution in [1.82, 2.24) is 14.4 Å². The summed E-state index contributed by atoms with van der Waals surface area (Å²) in [7, 11) is 0. The monoisotopic (exact) mass is 595 g/mol. The van der Waals surface area contributed by atoms with E-state index in [2.05, 4.69) is 58.7 Å². The fourth-order valence-electron chi connectivity index (χ4n) is 4.45. The summed E-state index contributed by atoms with van der Waals surface area (Å²) < 4.78 is 8.75. The van der Waals surface area contributed by atoms with Crippen LogP contribution in [-0.2, 0) is 29.0 Å². The van der Waals surface area contributed by atoms with Crippen LogP contribution in [0.2, 0.25) is 0 Å². The summed E-state index contributed by atoms with van der Waals surface area (Å²) in [6, 6.07) is 20.1. The Morgan fingerprint density at radius 2 is 1.56 bits per heavy atom. The first kappa shape index (κ1) is 30.6. The second kappa shape index (κ2) is 16.3.